The standard InChI is InChI=1S/C17H18N4O4/c1-9-12(11(3)25-20-9)8-15(22)19-13-6-4-5-7-14(13)21-16(23)10(2)18-17(21)24/h4-7,10H,8H2,1-3H3,(H,18,24)(H,19,22). The van der Waals surface area contributed by atoms with Gasteiger partial charge in [-0.3, -0.25) is 9.59 Å². The van der Waals surface area contributed by atoms with E-state index < -0.39 is 12.1 Å². The second-order valence-corrected chi connectivity index (χ2v) is 5.89. The number of nitrogens with zero attached hydrogens (tertiary/aromatic N) is 2. The highest BCUT2D eigenvalue weighted by atomic mass is 16.5. The fourth-order valence-electron chi connectivity index (χ4n) is 2.72. The summed E-state index contributed by atoms with van der Waals surface area (Å²) >= 11 is 0. The van der Waals surface area contributed by atoms with Crippen molar-refractivity contribution in [2.75, 3.05) is 10.2 Å². The van der Waals surface area contributed by atoms with Crippen molar-refractivity contribution in [1.29, 1.82) is 0 Å². The van der Waals surface area contributed by atoms with Crippen LogP contribution in [-0.2, 0) is 16.0 Å². The number of urea groups is 1. The summed E-state index contributed by atoms with van der Waals surface area (Å²) in [5.74, 6) is -0.0665. The summed E-state index contributed by atoms with van der Waals surface area (Å²) in [6.45, 7) is 5.12. The molecule has 0 spiro atoms. The smallest absolute Gasteiger partial charge is 0.329 e. The van der Waals surface area contributed by atoms with E-state index >= 15 is 0 Å². The highest BCUT2D eigenvalue weighted by molar-refractivity contribution is 6.23. The Bertz CT molecular complexity index is 839. The molecule has 2 heterocycles. The lowest BCUT2D eigenvalue weighted by molar-refractivity contribution is -0.118. The van der Waals surface area contributed by atoms with Crippen LogP contribution >= 0.6 is 0 Å². The fourth-order valence-corrected chi connectivity index (χ4v) is 2.72. The lowest BCUT2D eigenvalue weighted by Crippen LogP contribution is -2.32. The number of para-hydroxylation sites is 2. The summed E-state index contributed by atoms with van der Waals surface area (Å²) in [6, 6.07) is 5.56. The zero-order valence-corrected chi connectivity index (χ0v) is 14.1. The Morgan fingerprint density at radius 2 is 2.04 bits per heavy atom. The number of amides is 4. The number of aryl methyl sites for hydroxylation is 2. The van der Waals surface area contributed by atoms with E-state index in [0.29, 0.717) is 22.8 Å². The highest BCUT2D eigenvalue weighted by Crippen LogP contribution is 2.28. The number of hydrogen-bond acceptors (Lipinski definition) is 5. The average molecular weight is 342 g/mol. The number of anilines is 2. The van der Waals surface area contributed by atoms with E-state index in [4.69, 9.17) is 4.52 Å². The molecule has 0 aliphatic carbocycles. The van der Waals surface area contributed by atoms with Crippen LogP contribution in [0.25, 0.3) is 0 Å². The van der Waals surface area contributed by atoms with Gasteiger partial charge in [-0.25, -0.2) is 9.69 Å². The molecule has 0 radical (unpaired) electrons. The maximum atomic E-state index is 12.4. The zero-order valence-electron chi connectivity index (χ0n) is 14.1. The van der Waals surface area contributed by atoms with Crippen LogP contribution in [0.1, 0.15) is 23.9 Å². The van der Waals surface area contributed by atoms with Crippen molar-refractivity contribution < 1.29 is 18.9 Å². The maximum Gasteiger partial charge on any atom is 0.329 e. The van der Waals surface area contributed by atoms with Crippen molar-refractivity contribution in [2.24, 2.45) is 0 Å². The first-order chi connectivity index (χ1) is 11.9. The van der Waals surface area contributed by atoms with Crippen LogP contribution in [0.4, 0.5) is 16.2 Å². The summed E-state index contributed by atoms with van der Waals surface area (Å²) < 4.78 is 5.06. The van der Waals surface area contributed by atoms with Gasteiger partial charge in [0.15, 0.2) is 0 Å². The predicted octanol–water partition coefficient (Wildman–Crippen LogP) is 1.92. The third kappa shape index (κ3) is 3.10. The Morgan fingerprint density at radius 3 is 2.64 bits per heavy atom. The van der Waals surface area contributed by atoms with Crippen LogP contribution in [0.3, 0.4) is 0 Å². The molecule has 130 valence electrons. The van der Waals surface area contributed by atoms with Crippen LogP contribution in [0.15, 0.2) is 28.8 Å². The summed E-state index contributed by atoms with van der Waals surface area (Å²) in [5.41, 5.74) is 2.10. The summed E-state index contributed by atoms with van der Waals surface area (Å²) in [4.78, 5) is 37.7. The molecular weight excluding hydrogens is 324 g/mol. The molecule has 1 atom stereocenters. The van der Waals surface area contributed by atoms with Gasteiger partial charge in [0.25, 0.3) is 5.91 Å². The monoisotopic (exact) mass is 342 g/mol. The second-order valence-electron chi connectivity index (χ2n) is 5.89. The predicted molar refractivity (Wildman–Crippen MR) is 90.2 cm³/mol. The number of nitrogens with one attached hydrogen (secondary N) is 2. The molecule has 8 nitrogen and oxygen atoms in total. The van der Waals surface area contributed by atoms with Crippen LogP contribution in [0, 0.1) is 13.8 Å². The van der Waals surface area contributed by atoms with Crippen molar-refractivity contribution in [3.8, 4) is 0 Å². The summed E-state index contributed by atoms with van der Waals surface area (Å²) in [7, 11) is 0. The van der Waals surface area contributed by atoms with Crippen molar-refractivity contribution >= 4 is 29.2 Å². The molecule has 4 amide bonds. The van der Waals surface area contributed by atoms with E-state index in [9.17, 15) is 14.4 Å². The molecule has 1 unspecified atom stereocenters. The molecule has 0 bridgehead atoms. The summed E-state index contributed by atoms with van der Waals surface area (Å²) in [5, 5.41) is 9.13. The number of aromatic nitrogens is 1. The molecule has 25 heavy (non-hydrogen) atoms. The van der Waals surface area contributed by atoms with Crippen molar-refractivity contribution in [1.82, 2.24) is 10.5 Å². The van der Waals surface area contributed by atoms with E-state index in [1.54, 1.807) is 45.0 Å². The largest absolute Gasteiger partial charge is 0.361 e. The third-order valence-electron chi connectivity index (χ3n) is 4.07. The molecule has 3 rings (SSSR count). The Morgan fingerprint density at radius 1 is 1.32 bits per heavy atom. The molecule has 1 aliphatic heterocycles. The van der Waals surface area contributed by atoms with Crippen LogP contribution in [0.5, 0.6) is 0 Å². The van der Waals surface area contributed by atoms with E-state index in [2.05, 4.69) is 15.8 Å². The maximum absolute atomic E-state index is 12.4. The highest BCUT2D eigenvalue weighted by Gasteiger charge is 2.37. The van der Waals surface area contributed by atoms with Crippen LogP contribution in [-0.4, -0.2) is 29.0 Å². The minimum Gasteiger partial charge on any atom is -0.361 e. The number of carbonyl (C=O) groups is 3. The normalized spacial score (nSPS) is 16.9. The van der Waals surface area contributed by atoms with Gasteiger partial charge in [0.1, 0.15) is 11.8 Å². The Hall–Kier alpha value is -3.16. The first kappa shape index (κ1) is 16.7. The molecule has 1 aliphatic rings. The quantitative estimate of drug-likeness (QED) is 0.826. The Balaban J connectivity index is 1.83. The van der Waals surface area contributed by atoms with Gasteiger partial charge < -0.3 is 15.2 Å². The minimum absolute atomic E-state index is 0.0893. The molecular formula is C17H18N4O4. The topological polar surface area (TPSA) is 105 Å². The van der Waals surface area contributed by atoms with Gasteiger partial charge in [0.2, 0.25) is 5.91 Å². The summed E-state index contributed by atoms with van der Waals surface area (Å²) in [6.07, 6.45) is 0.0893. The van der Waals surface area contributed by atoms with Crippen LogP contribution in [0.2, 0.25) is 0 Å². The van der Waals surface area contributed by atoms with Crippen molar-refractivity contribution in [3.05, 3.63) is 41.3 Å². The van der Waals surface area contributed by atoms with E-state index in [1.807, 2.05) is 0 Å². The fraction of sp³-hybridized carbons (Fsp3) is 0.294. The molecule has 1 aromatic carbocycles. The number of benzene rings is 1. The second kappa shape index (κ2) is 6.39. The van der Waals surface area contributed by atoms with Crippen LogP contribution < -0.4 is 15.5 Å². The van der Waals surface area contributed by atoms with E-state index in [-0.39, 0.29) is 18.2 Å². The SMILES string of the molecule is Cc1noc(C)c1CC(=O)Nc1ccccc1N1C(=O)NC(C)C1=O. The number of imide groups is 1. The first-order valence-corrected chi connectivity index (χ1v) is 7.83. The zero-order chi connectivity index (χ0) is 18.1. The molecule has 0 saturated carbocycles. The Kier molecular flexibility index (Phi) is 4.26. The van der Waals surface area contributed by atoms with Gasteiger partial charge in [-0.15, -0.1) is 0 Å². The molecule has 1 fully saturated rings. The number of hydrogen-bond donors (Lipinski definition) is 2. The van der Waals surface area contributed by atoms with Crippen molar-refractivity contribution in [3.63, 3.8) is 0 Å². The van der Waals surface area contributed by atoms with Gasteiger partial charge in [-0.05, 0) is 32.9 Å². The molecule has 2 aromatic rings. The molecule has 8 heteroatoms. The lowest BCUT2D eigenvalue weighted by Gasteiger charge is -2.17. The van der Waals surface area contributed by atoms with Gasteiger partial charge in [0, 0.05) is 5.56 Å². The van der Waals surface area contributed by atoms with Gasteiger partial charge >= 0.3 is 6.03 Å². The Labute approximate surface area is 144 Å². The number of carbonyl (C=O) groups excluding carboxylic acids is 3. The first-order valence-electron chi connectivity index (χ1n) is 7.83. The van der Waals surface area contributed by atoms with Gasteiger partial charge in [-0.2, -0.15) is 0 Å². The molecule has 1 aromatic heterocycles. The third-order valence-corrected chi connectivity index (χ3v) is 4.07. The number of rotatable bonds is 4. The minimum atomic E-state index is -0.599. The average Bonchev–Trinajstić information content (AvgIpc) is 3.01. The molecule has 2 N–H and O–H groups in total. The van der Waals surface area contributed by atoms with E-state index in [0.717, 1.165) is 10.5 Å². The van der Waals surface area contributed by atoms with Gasteiger partial charge in [0.05, 0.1) is 23.5 Å². The van der Waals surface area contributed by atoms with Gasteiger partial charge in [-0.1, -0.05) is 17.3 Å². The lowest BCUT2D eigenvalue weighted by atomic mass is 10.1. The van der Waals surface area contributed by atoms with Crippen molar-refractivity contribution in [2.45, 2.75) is 33.2 Å². The molecule has 1 saturated heterocycles. The van der Waals surface area contributed by atoms with E-state index in [1.165, 1.54) is 0 Å².